The molecule has 1 aliphatic carbocycles. The summed E-state index contributed by atoms with van der Waals surface area (Å²) in [6, 6.07) is 0. The maximum atomic E-state index is 11.0. The molecule has 1 saturated heterocycles. The molecule has 0 atom stereocenters. The van der Waals surface area contributed by atoms with Gasteiger partial charge in [0.25, 0.3) is 0 Å². The van der Waals surface area contributed by atoms with Gasteiger partial charge in [-0.25, -0.2) is 0 Å². The molecule has 1 fully saturated rings. The summed E-state index contributed by atoms with van der Waals surface area (Å²) < 4.78 is 0. The van der Waals surface area contributed by atoms with Crippen molar-refractivity contribution in [1.29, 1.82) is 0 Å². The third-order valence-corrected chi connectivity index (χ3v) is 3.21. The summed E-state index contributed by atoms with van der Waals surface area (Å²) in [5.41, 5.74) is 2.73. The zero-order chi connectivity index (χ0) is 7.84. The SMILES string of the molecule is CC1=C2CC(=O)SC2=CCC1. The molecule has 11 heavy (non-hydrogen) atoms. The average Bonchev–Trinajstić information content (AvgIpc) is 2.31. The van der Waals surface area contributed by atoms with Gasteiger partial charge in [-0.2, -0.15) is 0 Å². The van der Waals surface area contributed by atoms with E-state index in [4.69, 9.17) is 0 Å². The maximum Gasteiger partial charge on any atom is 0.198 e. The smallest absolute Gasteiger partial charge is 0.198 e. The molecule has 0 bridgehead atoms. The molecule has 2 aliphatic rings. The third-order valence-electron chi connectivity index (χ3n) is 2.21. The van der Waals surface area contributed by atoms with Crippen molar-refractivity contribution in [2.24, 2.45) is 0 Å². The molecule has 2 heteroatoms. The van der Waals surface area contributed by atoms with E-state index in [-0.39, 0.29) is 0 Å². The Morgan fingerprint density at radius 1 is 1.55 bits per heavy atom. The molecule has 0 amide bonds. The van der Waals surface area contributed by atoms with Crippen LogP contribution >= 0.6 is 11.8 Å². The van der Waals surface area contributed by atoms with Crippen LogP contribution in [-0.4, -0.2) is 5.12 Å². The molecule has 0 aromatic heterocycles. The summed E-state index contributed by atoms with van der Waals surface area (Å²) in [5.74, 6) is 0. The zero-order valence-corrected chi connectivity index (χ0v) is 7.33. The highest BCUT2D eigenvalue weighted by Gasteiger charge is 2.25. The Kier molecular flexibility index (Phi) is 1.64. The second-order valence-corrected chi connectivity index (χ2v) is 4.12. The molecular formula is C9H10OS. The van der Waals surface area contributed by atoms with Gasteiger partial charge in [-0.05, 0) is 25.3 Å². The van der Waals surface area contributed by atoms with Gasteiger partial charge in [0.2, 0.25) is 0 Å². The monoisotopic (exact) mass is 166 g/mol. The molecule has 1 aliphatic heterocycles. The molecule has 0 saturated carbocycles. The van der Waals surface area contributed by atoms with Gasteiger partial charge in [-0.3, -0.25) is 4.79 Å². The fraction of sp³-hybridized carbons (Fsp3) is 0.444. The molecule has 2 rings (SSSR count). The number of hydrogen-bond acceptors (Lipinski definition) is 2. The second kappa shape index (κ2) is 2.52. The lowest BCUT2D eigenvalue weighted by molar-refractivity contribution is -0.110. The van der Waals surface area contributed by atoms with Crippen LogP contribution in [0.1, 0.15) is 26.2 Å². The molecule has 58 valence electrons. The molecule has 0 spiro atoms. The van der Waals surface area contributed by atoms with E-state index in [9.17, 15) is 4.79 Å². The van der Waals surface area contributed by atoms with Crippen LogP contribution < -0.4 is 0 Å². The quantitative estimate of drug-likeness (QED) is 0.550. The minimum atomic E-state index is 0.312. The molecule has 0 aromatic carbocycles. The first-order valence-electron chi connectivity index (χ1n) is 3.87. The van der Waals surface area contributed by atoms with Crippen molar-refractivity contribution < 1.29 is 4.79 Å². The average molecular weight is 166 g/mol. The molecule has 1 nitrogen and oxygen atoms in total. The van der Waals surface area contributed by atoms with Crippen LogP contribution in [0.2, 0.25) is 0 Å². The summed E-state index contributed by atoms with van der Waals surface area (Å²) in [7, 11) is 0. The van der Waals surface area contributed by atoms with E-state index in [0.717, 1.165) is 12.8 Å². The molecule has 0 radical (unpaired) electrons. The Hall–Kier alpha value is -0.500. The first kappa shape index (κ1) is 7.17. The van der Waals surface area contributed by atoms with Crippen molar-refractivity contribution in [2.75, 3.05) is 0 Å². The first-order valence-corrected chi connectivity index (χ1v) is 4.69. The van der Waals surface area contributed by atoms with Gasteiger partial charge < -0.3 is 0 Å². The Balaban J connectivity index is 2.41. The highest BCUT2D eigenvalue weighted by Crippen LogP contribution is 2.42. The summed E-state index contributed by atoms with van der Waals surface area (Å²) in [6.07, 6.45) is 5.12. The van der Waals surface area contributed by atoms with Crippen LogP contribution in [0.25, 0.3) is 0 Å². The van der Waals surface area contributed by atoms with Gasteiger partial charge in [0, 0.05) is 11.3 Å². The molecular weight excluding hydrogens is 156 g/mol. The van der Waals surface area contributed by atoms with Crippen molar-refractivity contribution in [2.45, 2.75) is 26.2 Å². The van der Waals surface area contributed by atoms with Crippen LogP contribution in [0.5, 0.6) is 0 Å². The normalized spacial score (nSPS) is 23.7. The first-order chi connectivity index (χ1) is 5.27. The standard InChI is InChI=1S/C9H10OS/c1-6-3-2-4-8-7(6)5-9(10)11-8/h4H,2-3,5H2,1H3. The minimum absolute atomic E-state index is 0.312. The van der Waals surface area contributed by atoms with Crippen LogP contribution in [0.3, 0.4) is 0 Å². The number of thioether (sulfide) groups is 1. The zero-order valence-electron chi connectivity index (χ0n) is 6.52. The van der Waals surface area contributed by atoms with Crippen LogP contribution in [0.15, 0.2) is 22.1 Å². The Morgan fingerprint density at radius 2 is 2.36 bits per heavy atom. The third kappa shape index (κ3) is 1.16. The summed E-state index contributed by atoms with van der Waals surface area (Å²) in [4.78, 5) is 12.3. The Morgan fingerprint density at radius 3 is 3.09 bits per heavy atom. The fourth-order valence-electron chi connectivity index (χ4n) is 1.55. The van der Waals surface area contributed by atoms with E-state index >= 15 is 0 Å². The van der Waals surface area contributed by atoms with E-state index < -0.39 is 0 Å². The maximum absolute atomic E-state index is 11.0. The molecule has 0 N–H and O–H groups in total. The molecule has 0 unspecified atom stereocenters. The number of hydrogen-bond donors (Lipinski definition) is 0. The van der Waals surface area contributed by atoms with Crippen molar-refractivity contribution >= 4 is 16.9 Å². The van der Waals surface area contributed by atoms with Crippen molar-refractivity contribution in [3.05, 3.63) is 22.1 Å². The number of carbonyl (C=O) groups is 1. The predicted molar refractivity (Wildman–Crippen MR) is 47.2 cm³/mol. The highest BCUT2D eigenvalue weighted by molar-refractivity contribution is 8.17. The van der Waals surface area contributed by atoms with Crippen molar-refractivity contribution in [1.82, 2.24) is 0 Å². The van der Waals surface area contributed by atoms with Gasteiger partial charge in [0.1, 0.15) is 0 Å². The fourth-order valence-corrected chi connectivity index (χ4v) is 2.58. The van der Waals surface area contributed by atoms with E-state index in [1.807, 2.05) is 0 Å². The van der Waals surface area contributed by atoms with Gasteiger partial charge in [0.05, 0.1) is 0 Å². The number of allylic oxidation sites excluding steroid dienone is 3. The largest absolute Gasteiger partial charge is 0.286 e. The lowest BCUT2D eigenvalue weighted by Gasteiger charge is -2.10. The van der Waals surface area contributed by atoms with E-state index in [1.54, 1.807) is 0 Å². The summed E-state index contributed by atoms with van der Waals surface area (Å²) in [6.45, 7) is 2.14. The minimum Gasteiger partial charge on any atom is -0.286 e. The lowest BCUT2D eigenvalue weighted by Crippen LogP contribution is -1.92. The van der Waals surface area contributed by atoms with Gasteiger partial charge in [-0.15, -0.1) is 0 Å². The van der Waals surface area contributed by atoms with Crippen molar-refractivity contribution in [3.63, 3.8) is 0 Å². The number of rotatable bonds is 0. The van der Waals surface area contributed by atoms with Gasteiger partial charge in [-0.1, -0.05) is 23.4 Å². The topological polar surface area (TPSA) is 17.1 Å². The molecule has 0 aromatic rings. The van der Waals surface area contributed by atoms with Gasteiger partial charge in [0.15, 0.2) is 5.12 Å². The Bertz CT molecular complexity index is 273. The summed E-state index contributed by atoms with van der Waals surface area (Å²) in [5, 5.41) is 0.312. The second-order valence-electron chi connectivity index (χ2n) is 3.02. The van der Waals surface area contributed by atoms with E-state index in [0.29, 0.717) is 11.5 Å². The van der Waals surface area contributed by atoms with Crippen LogP contribution in [0, 0.1) is 0 Å². The number of fused-ring (bicyclic) bond motifs is 1. The van der Waals surface area contributed by atoms with Crippen LogP contribution in [-0.2, 0) is 4.79 Å². The summed E-state index contributed by atoms with van der Waals surface area (Å²) >= 11 is 1.42. The Labute approximate surface area is 70.6 Å². The lowest BCUT2D eigenvalue weighted by atomic mass is 9.97. The van der Waals surface area contributed by atoms with Gasteiger partial charge >= 0.3 is 0 Å². The van der Waals surface area contributed by atoms with Crippen molar-refractivity contribution in [3.8, 4) is 0 Å². The highest BCUT2D eigenvalue weighted by atomic mass is 32.2. The predicted octanol–water partition coefficient (Wildman–Crippen LogP) is 2.64. The number of carbonyl (C=O) groups excluding carboxylic acids is 1. The van der Waals surface area contributed by atoms with E-state index in [2.05, 4.69) is 13.0 Å². The molecule has 1 heterocycles. The van der Waals surface area contributed by atoms with E-state index in [1.165, 1.54) is 27.8 Å². The van der Waals surface area contributed by atoms with Crippen LogP contribution in [0.4, 0.5) is 0 Å².